The smallest absolute Gasteiger partial charge is 0.180 e. The van der Waals surface area contributed by atoms with Crippen LogP contribution >= 0.6 is 0 Å². The van der Waals surface area contributed by atoms with Crippen molar-refractivity contribution >= 4 is 11.2 Å². The topological polar surface area (TPSA) is 63.7 Å². The highest BCUT2D eigenvalue weighted by Crippen LogP contribution is 2.31. The number of fused-ring (bicyclic) bond motifs is 1. The SMILES string of the molecule is CCC1OCCC1c1nc2ncncc2[nH]1. The van der Waals surface area contributed by atoms with Gasteiger partial charge in [0.2, 0.25) is 0 Å². The Kier molecular flexibility index (Phi) is 2.32. The maximum absolute atomic E-state index is 5.67. The monoisotopic (exact) mass is 218 g/mol. The van der Waals surface area contributed by atoms with E-state index in [1.807, 2.05) is 0 Å². The van der Waals surface area contributed by atoms with Gasteiger partial charge in [-0.25, -0.2) is 15.0 Å². The number of H-pyrrole nitrogens is 1. The molecule has 0 aromatic carbocycles. The number of hydrogen-bond acceptors (Lipinski definition) is 4. The van der Waals surface area contributed by atoms with Crippen molar-refractivity contribution in [3.05, 3.63) is 18.3 Å². The first-order valence-corrected chi connectivity index (χ1v) is 5.65. The summed E-state index contributed by atoms with van der Waals surface area (Å²) in [6, 6.07) is 0. The van der Waals surface area contributed by atoms with Crippen LogP contribution in [-0.2, 0) is 4.74 Å². The lowest BCUT2D eigenvalue weighted by Crippen LogP contribution is -2.14. The minimum Gasteiger partial charge on any atom is -0.377 e. The molecule has 2 aromatic heterocycles. The molecule has 1 aliphatic heterocycles. The van der Waals surface area contributed by atoms with E-state index in [0.29, 0.717) is 5.92 Å². The van der Waals surface area contributed by atoms with E-state index in [-0.39, 0.29) is 6.10 Å². The van der Waals surface area contributed by atoms with Crippen molar-refractivity contribution in [2.24, 2.45) is 0 Å². The number of nitrogens with one attached hydrogen (secondary N) is 1. The Morgan fingerprint density at radius 3 is 3.31 bits per heavy atom. The van der Waals surface area contributed by atoms with Gasteiger partial charge in [0.1, 0.15) is 17.7 Å². The quantitative estimate of drug-likeness (QED) is 0.832. The fraction of sp³-hybridized carbons (Fsp3) is 0.545. The van der Waals surface area contributed by atoms with Crippen LogP contribution in [0, 0.1) is 0 Å². The molecule has 0 saturated carbocycles. The summed E-state index contributed by atoms with van der Waals surface area (Å²) >= 11 is 0. The van der Waals surface area contributed by atoms with E-state index in [1.165, 1.54) is 6.33 Å². The molecule has 2 aromatic rings. The zero-order valence-corrected chi connectivity index (χ0v) is 9.18. The Balaban J connectivity index is 1.99. The minimum absolute atomic E-state index is 0.286. The van der Waals surface area contributed by atoms with Gasteiger partial charge < -0.3 is 9.72 Å². The van der Waals surface area contributed by atoms with Gasteiger partial charge in [-0.2, -0.15) is 0 Å². The lowest BCUT2D eigenvalue weighted by Gasteiger charge is -2.13. The first kappa shape index (κ1) is 9.72. The van der Waals surface area contributed by atoms with Crippen molar-refractivity contribution in [2.75, 3.05) is 6.61 Å². The van der Waals surface area contributed by atoms with E-state index >= 15 is 0 Å². The molecule has 0 spiro atoms. The van der Waals surface area contributed by atoms with Crippen LogP contribution in [0.5, 0.6) is 0 Å². The molecule has 1 aliphatic rings. The molecule has 3 rings (SSSR count). The highest BCUT2D eigenvalue weighted by Gasteiger charge is 2.30. The molecule has 5 nitrogen and oxygen atoms in total. The average Bonchev–Trinajstić information content (AvgIpc) is 2.94. The zero-order chi connectivity index (χ0) is 11.0. The van der Waals surface area contributed by atoms with Crippen molar-refractivity contribution in [1.82, 2.24) is 19.9 Å². The van der Waals surface area contributed by atoms with Gasteiger partial charge in [0, 0.05) is 12.5 Å². The van der Waals surface area contributed by atoms with Crippen LogP contribution in [0.3, 0.4) is 0 Å². The number of hydrogen-bond donors (Lipinski definition) is 1. The first-order valence-electron chi connectivity index (χ1n) is 5.65. The fourth-order valence-corrected chi connectivity index (χ4v) is 2.32. The number of aromatic nitrogens is 4. The number of aromatic amines is 1. The molecule has 0 bridgehead atoms. The summed E-state index contributed by atoms with van der Waals surface area (Å²) in [5.41, 5.74) is 1.64. The summed E-state index contributed by atoms with van der Waals surface area (Å²) in [6.45, 7) is 2.97. The van der Waals surface area contributed by atoms with Crippen LogP contribution in [0.1, 0.15) is 31.5 Å². The summed E-state index contributed by atoms with van der Waals surface area (Å²) in [4.78, 5) is 15.9. The predicted molar refractivity (Wildman–Crippen MR) is 59.1 cm³/mol. The second kappa shape index (κ2) is 3.83. The van der Waals surface area contributed by atoms with E-state index in [9.17, 15) is 0 Å². The van der Waals surface area contributed by atoms with Crippen molar-refractivity contribution in [3.63, 3.8) is 0 Å². The molecule has 1 saturated heterocycles. The lowest BCUT2D eigenvalue weighted by atomic mass is 9.99. The van der Waals surface area contributed by atoms with Crippen LogP contribution < -0.4 is 0 Å². The number of ether oxygens (including phenoxy) is 1. The average molecular weight is 218 g/mol. The third-order valence-electron chi connectivity index (χ3n) is 3.14. The largest absolute Gasteiger partial charge is 0.377 e. The molecule has 0 amide bonds. The van der Waals surface area contributed by atoms with Gasteiger partial charge in [-0.05, 0) is 12.8 Å². The van der Waals surface area contributed by atoms with Gasteiger partial charge in [0.05, 0.1) is 12.3 Å². The second-order valence-corrected chi connectivity index (χ2v) is 4.09. The zero-order valence-electron chi connectivity index (χ0n) is 9.18. The molecule has 3 heterocycles. The molecule has 0 radical (unpaired) electrons. The third-order valence-corrected chi connectivity index (χ3v) is 3.14. The maximum atomic E-state index is 5.67. The number of nitrogens with zero attached hydrogens (tertiary/aromatic N) is 3. The van der Waals surface area contributed by atoms with Crippen molar-refractivity contribution in [3.8, 4) is 0 Å². The first-order chi connectivity index (χ1) is 7.88. The van der Waals surface area contributed by atoms with E-state index < -0.39 is 0 Å². The standard InChI is InChI=1S/C11H14N4O/c1-2-9-7(3-4-16-9)10-14-8-5-12-6-13-11(8)15-10/h5-7,9H,2-4H2,1H3,(H,12,13,14,15). The second-order valence-electron chi connectivity index (χ2n) is 4.09. The molecule has 0 aliphatic carbocycles. The minimum atomic E-state index is 0.286. The fourth-order valence-electron chi connectivity index (χ4n) is 2.32. The van der Waals surface area contributed by atoms with Crippen molar-refractivity contribution in [2.45, 2.75) is 31.8 Å². The Morgan fingerprint density at radius 2 is 2.50 bits per heavy atom. The number of rotatable bonds is 2. The van der Waals surface area contributed by atoms with Gasteiger partial charge in [0.25, 0.3) is 0 Å². The highest BCUT2D eigenvalue weighted by atomic mass is 16.5. The predicted octanol–water partition coefficient (Wildman–Crippen LogP) is 1.64. The maximum Gasteiger partial charge on any atom is 0.180 e. The van der Waals surface area contributed by atoms with E-state index in [1.54, 1.807) is 6.20 Å². The lowest BCUT2D eigenvalue weighted by molar-refractivity contribution is 0.0996. The van der Waals surface area contributed by atoms with Gasteiger partial charge in [0.15, 0.2) is 5.65 Å². The Labute approximate surface area is 93.3 Å². The molecular weight excluding hydrogens is 204 g/mol. The summed E-state index contributed by atoms with van der Waals surface area (Å²) in [7, 11) is 0. The summed E-state index contributed by atoms with van der Waals surface area (Å²) < 4.78 is 5.67. The molecule has 1 N–H and O–H groups in total. The summed E-state index contributed by atoms with van der Waals surface area (Å²) in [5.74, 6) is 1.36. The van der Waals surface area contributed by atoms with Gasteiger partial charge in [-0.3, -0.25) is 0 Å². The molecule has 1 fully saturated rings. The summed E-state index contributed by atoms with van der Waals surface area (Å²) in [5, 5.41) is 0. The number of imidazole rings is 1. The van der Waals surface area contributed by atoms with Gasteiger partial charge in [-0.1, -0.05) is 6.92 Å². The Hall–Kier alpha value is -1.49. The van der Waals surface area contributed by atoms with Crippen LogP contribution in [0.15, 0.2) is 12.5 Å². The molecule has 2 unspecified atom stereocenters. The normalized spacial score (nSPS) is 25.3. The van der Waals surface area contributed by atoms with Crippen LogP contribution in [-0.4, -0.2) is 32.6 Å². The van der Waals surface area contributed by atoms with E-state index in [2.05, 4.69) is 26.9 Å². The summed E-state index contributed by atoms with van der Waals surface area (Å²) in [6.07, 6.45) is 5.62. The molecule has 2 atom stereocenters. The van der Waals surface area contributed by atoms with Crippen molar-refractivity contribution < 1.29 is 4.74 Å². The highest BCUT2D eigenvalue weighted by molar-refractivity contribution is 5.68. The van der Waals surface area contributed by atoms with Crippen molar-refractivity contribution in [1.29, 1.82) is 0 Å². The molecule has 5 heteroatoms. The van der Waals surface area contributed by atoms with Crippen LogP contribution in [0.2, 0.25) is 0 Å². The van der Waals surface area contributed by atoms with Crippen LogP contribution in [0.4, 0.5) is 0 Å². The molecular formula is C11H14N4O. The Morgan fingerprint density at radius 1 is 1.56 bits per heavy atom. The molecule has 16 heavy (non-hydrogen) atoms. The van der Waals surface area contributed by atoms with E-state index in [0.717, 1.165) is 36.4 Å². The van der Waals surface area contributed by atoms with Gasteiger partial charge in [-0.15, -0.1) is 0 Å². The Bertz CT molecular complexity index is 462. The van der Waals surface area contributed by atoms with Gasteiger partial charge >= 0.3 is 0 Å². The van der Waals surface area contributed by atoms with Crippen LogP contribution in [0.25, 0.3) is 11.2 Å². The molecule has 84 valence electrons. The third kappa shape index (κ3) is 1.48. The van der Waals surface area contributed by atoms with E-state index in [4.69, 9.17) is 4.74 Å².